The van der Waals surface area contributed by atoms with Crippen molar-refractivity contribution in [1.29, 1.82) is 0 Å². The van der Waals surface area contributed by atoms with Crippen LogP contribution in [0.15, 0.2) is 0 Å². The lowest BCUT2D eigenvalue weighted by atomic mass is 9.97. The van der Waals surface area contributed by atoms with Gasteiger partial charge in [0.15, 0.2) is 0 Å². The van der Waals surface area contributed by atoms with Crippen LogP contribution in [0.1, 0.15) is 12.8 Å². The van der Waals surface area contributed by atoms with Gasteiger partial charge in [0.1, 0.15) is 0 Å². The van der Waals surface area contributed by atoms with E-state index >= 15 is 0 Å². The van der Waals surface area contributed by atoms with Crippen molar-refractivity contribution in [2.75, 3.05) is 26.2 Å². The van der Waals surface area contributed by atoms with E-state index in [0.29, 0.717) is 32.5 Å². The third-order valence-electron chi connectivity index (χ3n) is 2.71. The van der Waals surface area contributed by atoms with Gasteiger partial charge in [0.25, 0.3) is 0 Å². The second-order valence-corrected chi connectivity index (χ2v) is 3.98. The van der Waals surface area contributed by atoms with Gasteiger partial charge in [-0.05, 0) is 12.8 Å². The zero-order chi connectivity index (χ0) is 12.8. The standard InChI is InChI=1S/C10H17N3O4.ClH/c11-3-4-12-8(14)7-2-1-5-13(6-7)9(15)10(16)17;/h7H,1-6,11H2,(H,12,14)(H,16,17);1H. The van der Waals surface area contributed by atoms with Crippen LogP contribution in [0.4, 0.5) is 0 Å². The Morgan fingerprint density at radius 3 is 2.61 bits per heavy atom. The highest BCUT2D eigenvalue weighted by Crippen LogP contribution is 2.16. The number of carbonyl (C=O) groups excluding carboxylic acids is 2. The zero-order valence-corrected chi connectivity index (χ0v) is 10.7. The van der Waals surface area contributed by atoms with E-state index in [1.165, 1.54) is 4.90 Å². The maximum Gasteiger partial charge on any atom is 0.394 e. The maximum atomic E-state index is 11.6. The number of hydrogen-bond acceptors (Lipinski definition) is 4. The third kappa shape index (κ3) is 4.50. The van der Waals surface area contributed by atoms with Crippen LogP contribution in [-0.2, 0) is 14.4 Å². The second kappa shape index (κ2) is 7.88. The van der Waals surface area contributed by atoms with Crippen LogP contribution in [-0.4, -0.2) is 54.0 Å². The Hall–Kier alpha value is -1.34. The molecule has 1 unspecified atom stereocenters. The number of amides is 2. The van der Waals surface area contributed by atoms with Crippen LogP contribution in [0.5, 0.6) is 0 Å². The normalized spacial score (nSPS) is 18.7. The van der Waals surface area contributed by atoms with Crippen LogP contribution in [0.25, 0.3) is 0 Å². The molecule has 0 aliphatic carbocycles. The van der Waals surface area contributed by atoms with E-state index in [1.807, 2.05) is 0 Å². The Kier molecular flexibility index (Phi) is 7.30. The van der Waals surface area contributed by atoms with Gasteiger partial charge in [-0.2, -0.15) is 0 Å². The first-order valence-electron chi connectivity index (χ1n) is 5.56. The first-order valence-corrected chi connectivity index (χ1v) is 5.56. The number of hydrogen-bond donors (Lipinski definition) is 3. The lowest BCUT2D eigenvalue weighted by Crippen LogP contribution is -2.48. The first-order chi connectivity index (χ1) is 8.06. The fourth-order valence-corrected chi connectivity index (χ4v) is 1.85. The molecule has 0 bridgehead atoms. The van der Waals surface area contributed by atoms with E-state index < -0.39 is 11.9 Å². The van der Waals surface area contributed by atoms with Crippen LogP contribution in [0.2, 0.25) is 0 Å². The van der Waals surface area contributed by atoms with Crippen LogP contribution in [0, 0.1) is 5.92 Å². The van der Waals surface area contributed by atoms with Gasteiger partial charge in [-0.3, -0.25) is 9.59 Å². The summed E-state index contributed by atoms with van der Waals surface area (Å²) in [6.45, 7) is 1.31. The Morgan fingerprint density at radius 1 is 1.39 bits per heavy atom. The smallest absolute Gasteiger partial charge is 0.394 e. The van der Waals surface area contributed by atoms with Gasteiger partial charge < -0.3 is 21.1 Å². The van der Waals surface area contributed by atoms with E-state index in [4.69, 9.17) is 10.8 Å². The molecule has 1 atom stereocenters. The summed E-state index contributed by atoms with van der Waals surface area (Å²) in [5, 5.41) is 11.2. The zero-order valence-electron chi connectivity index (χ0n) is 9.92. The molecule has 1 aliphatic rings. The lowest BCUT2D eigenvalue weighted by Gasteiger charge is -2.30. The maximum absolute atomic E-state index is 11.6. The fraction of sp³-hybridized carbons (Fsp3) is 0.700. The summed E-state index contributed by atoms with van der Waals surface area (Å²) in [5.74, 6) is -2.92. The van der Waals surface area contributed by atoms with E-state index in [9.17, 15) is 14.4 Å². The Morgan fingerprint density at radius 2 is 2.06 bits per heavy atom. The Labute approximate surface area is 111 Å². The van der Waals surface area contributed by atoms with E-state index in [1.54, 1.807) is 0 Å². The number of aliphatic carboxylic acids is 1. The molecule has 0 aromatic heterocycles. The molecule has 7 nitrogen and oxygen atoms in total. The molecule has 1 heterocycles. The molecule has 4 N–H and O–H groups in total. The summed E-state index contributed by atoms with van der Waals surface area (Å²) in [7, 11) is 0. The second-order valence-electron chi connectivity index (χ2n) is 3.98. The molecule has 0 aromatic rings. The summed E-state index contributed by atoms with van der Waals surface area (Å²) in [6, 6.07) is 0. The molecule has 18 heavy (non-hydrogen) atoms. The van der Waals surface area contributed by atoms with Crippen molar-refractivity contribution in [2.24, 2.45) is 11.7 Å². The number of rotatable bonds is 3. The van der Waals surface area contributed by atoms with Crippen molar-refractivity contribution in [1.82, 2.24) is 10.2 Å². The number of piperidine rings is 1. The van der Waals surface area contributed by atoms with E-state index in [0.717, 1.165) is 0 Å². The van der Waals surface area contributed by atoms with Crippen LogP contribution in [0.3, 0.4) is 0 Å². The number of likely N-dealkylation sites (tertiary alicyclic amines) is 1. The number of nitrogens with zero attached hydrogens (tertiary/aromatic N) is 1. The summed E-state index contributed by atoms with van der Waals surface area (Å²) >= 11 is 0. The van der Waals surface area contributed by atoms with Gasteiger partial charge in [-0.1, -0.05) is 0 Å². The van der Waals surface area contributed by atoms with Crippen molar-refractivity contribution in [2.45, 2.75) is 12.8 Å². The summed E-state index contributed by atoms with van der Waals surface area (Å²) in [6.07, 6.45) is 1.31. The predicted molar refractivity (Wildman–Crippen MR) is 66.3 cm³/mol. The molecule has 0 aromatic carbocycles. The quantitative estimate of drug-likeness (QED) is 0.562. The number of nitrogens with two attached hydrogens (primary N) is 1. The number of carboxylic acids is 1. The SMILES string of the molecule is Cl.NCCNC(=O)C1CCCN(C(=O)C(=O)O)C1. The van der Waals surface area contributed by atoms with Gasteiger partial charge in [-0.25, -0.2) is 4.79 Å². The van der Waals surface area contributed by atoms with Crippen molar-refractivity contribution < 1.29 is 19.5 Å². The topological polar surface area (TPSA) is 113 Å². The molecule has 0 spiro atoms. The van der Waals surface area contributed by atoms with Crippen molar-refractivity contribution in [3.8, 4) is 0 Å². The predicted octanol–water partition coefficient (Wildman–Crippen LogP) is -1.19. The van der Waals surface area contributed by atoms with Gasteiger partial charge in [-0.15, -0.1) is 12.4 Å². The van der Waals surface area contributed by atoms with E-state index in [2.05, 4.69) is 5.32 Å². The Bertz CT molecular complexity index is 324. The minimum Gasteiger partial charge on any atom is -0.474 e. The molecule has 1 rings (SSSR count). The van der Waals surface area contributed by atoms with Crippen LogP contribution < -0.4 is 11.1 Å². The molecule has 104 valence electrons. The molecule has 1 saturated heterocycles. The highest BCUT2D eigenvalue weighted by molar-refractivity contribution is 6.31. The fourth-order valence-electron chi connectivity index (χ4n) is 1.85. The van der Waals surface area contributed by atoms with Gasteiger partial charge in [0.05, 0.1) is 5.92 Å². The summed E-state index contributed by atoms with van der Waals surface area (Å²) in [4.78, 5) is 34.6. The summed E-state index contributed by atoms with van der Waals surface area (Å²) in [5.41, 5.74) is 5.26. The minimum atomic E-state index is -1.48. The average molecular weight is 280 g/mol. The average Bonchev–Trinajstić information content (AvgIpc) is 2.35. The van der Waals surface area contributed by atoms with Gasteiger partial charge >= 0.3 is 11.9 Å². The number of carboxylic acid groups (broad SMARTS) is 1. The third-order valence-corrected chi connectivity index (χ3v) is 2.71. The van der Waals surface area contributed by atoms with Crippen molar-refractivity contribution in [3.05, 3.63) is 0 Å². The van der Waals surface area contributed by atoms with Gasteiger partial charge in [0.2, 0.25) is 5.91 Å². The molecule has 1 aliphatic heterocycles. The molecule has 2 amide bonds. The number of halogens is 1. The highest BCUT2D eigenvalue weighted by atomic mass is 35.5. The van der Waals surface area contributed by atoms with E-state index in [-0.39, 0.29) is 30.8 Å². The van der Waals surface area contributed by atoms with Crippen LogP contribution >= 0.6 is 12.4 Å². The molecule has 1 fully saturated rings. The molecule has 8 heteroatoms. The molecule has 0 radical (unpaired) electrons. The molecule has 0 saturated carbocycles. The minimum absolute atomic E-state index is 0. The monoisotopic (exact) mass is 279 g/mol. The number of nitrogens with one attached hydrogen (secondary N) is 1. The lowest BCUT2D eigenvalue weighted by molar-refractivity contribution is -0.157. The van der Waals surface area contributed by atoms with Gasteiger partial charge in [0, 0.05) is 26.2 Å². The van der Waals surface area contributed by atoms with Crippen molar-refractivity contribution in [3.63, 3.8) is 0 Å². The number of carbonyl (C=O) groups is 3. The largest absolute Gasteiger partial charge is 0.474 e. The summed E-state index contributed by atoms with van der Waals surface area (Å²) < 4.78 is 0. The molecular formula is C10H18ClN3O4. The molecular weight excluding hydrogens is 262 g/mol. The first kappa shape index (κ1) is 16.7. The highest BCUT2D eigenvalue weighted by Gasteiger charge is 2.30. The van der Waals surface area contributed by atoms with Crippen molar-refractivity contribution >= 4 is 30.2 Å². The Balaban J connectivity index is 0.00000289.